The average molecular weight is 733 g/mol. The molecule has 0 spiro atoms. The number of nitrogens with two attached hydrogens (primary N) is 1. The van der Waals surface area contributed by atoms with Crippen molar-refractivity contribution in [2.45, 2.75) is 31.8 Å². The summed E-state index contributed by atoms with van der Waals surface area (Å²) in [6.07, 6.45) is -0.0860. The predicted molar refractivity (Wildman–Crippen MR) is 187 cm³/mol. The molecule has 0 fully saturated rings. The number of carbonyl (C=O) groups is 5. The van der Waals surface area contributed by atoms with Crippen molar-refractivity contribution in [2.75, 3.05) is 32.2 Å². The number of thioether (sulfide) groups is 1. The molecule has 13 heteroatoms. The van der Waals surface area contributed by atoms with Gasteiger partial charge in [0, 0.05) is 0 Å². The first-order chi connectivity index (χ1) is 22.0. The molecule has 246 valence electrons. The third-order valence-corrected chi connectivity index (χ3v) is 17.9. The molecule has 3 aromatic carbocycles. The number of methoxy groups -OCH3 is 1. The Kier molecular flexibility index (Phi) is 13.9. The van der Waals surface area contributed by atoms with E-state index in [9.17, 15) is 24.0 Å². The minimum absolute atomic E-state index is 0.00330. The van der Waals surface area contributed by atoms with Crippen molar-refractivity contribution >= 4 is 77.3 Å². The molecule has 0 saturated heterocycles. The minimum atomic E-state index is -3.58. The van der Waals surface area contributed by atoms with Gasteiger partial charge in [-0.25, -0.2) is 0 Å². The van der Waals surface area contributed by atoms with Crippen LogP contribution in [0.2, 0.25) is 0 Å². The fourth-order valence-corrected chi connectivity index (χ4v) is 14.2. The van der Waals surface area contributed by atoms with Crippen molar-refractivity contribution in [3.05, 3.63) is 91.0 Å². The first-order valence-electron chi connectivity index (χ1n) is 14.6. The van der Waals surface area contributed by atoms with E-state index in [4.69, 9.17) is 10.5 Å². The molecule has 10 nitrogen and oxygen atoms in total. The van der Waals surface area contributed by atoms with E-state index >= 15 is 0 Å². The van der Waals surface area contributed by atoms with E-state index in [0.717, 1.165) is 27.7 Å². The van der Waals surface area contributed by atoms with Gasteiger partial charge >= 0.3 is 269 Å². The predicted octanol–water partition coefficient (Wildman–Crippen LogP) is 2.53. The van der Waals surface area contributed by atoms with Crippen molar-refractivity contribution in [1.29, 1.82) is 0 Å². The third-order valence-electron chi connectivity index (χ3n) is 7.28. The summed E-state index contributed by atoms with van der Waals surface area (Å²) in [6.45, 7) is 1.39. The number of ether oxygens (including phenoxy) is 2. The van der Waals surface area contributed by atoms with Crippen molar-refractivity contribution in [1.82, 2.24) is 10.6 Å². The molecule has 0 aliphatic heterocycles. The van der Waals surface area contributed by atoms with Gasteiger partial charge < -0.3 is 0 Å². The van der Waals surface area contributed by atoms with Gasteiger partial charge in [0.05, 0.1) is 6.61 Å². The van der Waals surface area contributed by atoms with Gasteiger partial charge in [-0.05, 0) is 6.92 Å². The molecule has 0 unspecified atom stereocenters. The fraction of sp³-hybridized carbons (Fsp3) is 0.303. The molecular formula is C33H39BrN3O7PS. The van der Waals surface area contributed by atoms with Gasteiger partial charge in [-0.3, -0.25) is 0 Å². The van der Waals surface area contributed by atoms with Crippen LogP contribution in [-0.2, 0) is 33.4 Å². The number of carbonyl (C=O) groups excluding carboxylic acids is 5. The Morgan fingerprint density at radius 2 is 1.37 bits per heavy atom. The molecular weight excluding hydrogens is 693 g/mol. The second-order valence-corrected chi connectivity index (χ2v) is 20.3. The van der Waals surface area contributed by atoms with Crippen LogP contribution in [0.5, 0.6) is 0 Å². The summed E-state index contributed by atoms with van der Waals surface area (Å²) in [6, 6.07) is 27.3. The molecule has 2 atom stereocenters. The number of hydrogen-bond donors (Lipinski definition) is 3. The molecule has 0 aliphatic rings. The third kappa shape index (κ3) is 9.25. The van der Waals surface area contributed by atoms with Gasteiger partial charge in [0.15, 0.2) is 0 Å². The number of benzene rings is 3. The standard InChI is InChI=1S/C33H39BrN3O7PS/c1-3-44-33(42)27(35)19-20-29(38)37-28(32(41)36-21-30(39)43-2)23-46-31(40)22-45(34,24-13-7-4-8-14-24,25-15-9-5-10-16-25)26-17-11-6-12-18-26/h4-18,27-28H,3,19-23,35H2,1-2H3,(H,36,41)(H,37,38)/t27-,28-/m0/s1. The van der Waals surface area contributed by atoms with E-state index in [2.05, 4.69) is 30.9 Å². The van der Waals surface area contributed by atoms with E-state index in [0.29, 0.717) is 0 Å². The number of amides is 2. The van der Waals surface area contributed by atoms with Crippen LogP contribution in [0.4, 0.5) is 0 Å². The first-order valence-corrected chi connectivity index (χ1v) is 20.1. The van der Waals surface area contributed by atoms with Gasteiger partial charge in [-0.2, -0.15) is 0 Å². The summed E-state index contributed by atoms with van der Waals surface area (Å²) in [4.78, 5) is 63.5. The van der Waals surface area contributed by atoms with Crippen molar-refractivity contribution in [3.8, 4) is 0 Å². The molecule has 3 aromatic rings. The van der Waals surface area contributed by atoms with E-state index in [-0.39, 0.29) is 36.5 Å². The normalized spacial score (nSPS) is 13.3. The van der Waals surface area contributed by atoms with Crippen LogP contribution >= 0.6 is 32.6 Å². The van der Waals surface area contributed by atoms with E-state index in [1.807, 2.05) is 91.0 Å². The first kappa shape index (κ1) is 36.9. The van der Waals surface area contributed by atoms with Crippen molar-refractivity contribution < 1.29 is 33.4 Å². The van der Waals surface area contributed by atoms with Crippen LogP contribution in [0.25, 0.3) is 0 Å². The van der Waals surface area contributed by atoms with Gasteiger partial charge in [0.25, 0.3) is 0 Å². The number of esters is 2. The summed E-state index contributed by atoms with van der Waals surface area (Å²) >= 11 is 5.16. The van der Waals surface area contributed by atoms with Gasteiger partial charge in [0.1, 0.15) is 0 Å². The molecule has 0 aliphatic carbocycles. The molecule has 0 saturated carbocycles. The SMILES string of the molecule is CCOC(=O)[C@@H](N)CCC(=O)N[C@@H](CSC(=O)CP(Br)(c1ccccc1)(c1ccccc1)c1ccccc1)C(=O)NCC(=O)OC. The molecule has 4 N–H and O–H groups in total. The Bertz CT molecular complexity index is 1400. The summed E-state index contributed by atoms with van der Waals surface area (Å²) in [5.41, 5.74) is 5.82. The molecule has 46 heavy (non-hydrogen) atoms. The van der Waals surface area contributed by atoms with Crippen LogP contribution in [0.1, 0.15) is 19.8 Å². The zero-order valence-electron chi connectivity index (χ0n) is 25.7. The van der Waals surface area contributed by atoms with Crippen LogP contribution in [-0.4, -0.2) is 73.1 Å². The Morgan fingerprint density at radius 1 is 0.870 bits per heavy atom. The molecule has 0 radical (unpaired) electrons. The quantitative estimate of drug-likeness (QED) is 0.149. The van der Waals surface area contributed by atoms with Gasteiger partial charge in [0.2, 0.25) is 0 Å². The average Bonchev–Trinajstić information content (AvgIpc) is 3.08. The van der Waals surface area contributed by atoms with E-state index < -0.39 is 47.7 Å². The summed E-state index contributed by atoms with van der Waals surface area (Å²) in [7, 11) is 1.19. The summed E-state index contributed by atoms with van der Waals surface area (Å²) < 4.78 is 9.48. The van der Waals surface area contributed by atoms with Crippen molar-refractivity contribution in [3.63, 3.8) is 0 Å². The molecule has 2 amide bonds. The molecule has 0 aromatic heterocycles. The van der Waals surface area contributed by atoms with Crippen LogP contribution in [0, 0.1) is 0 Å². The Balaban J connectivity index is 1.88. The monoisotopic (exact) mass is 731 g/mol. The Hall–Kier alpha value is -3.57. The zero-order chi connectivity index (χ0) is 33.6. The molecule has 0 heterocycles. The maximum atomic E-state index is 14.0. The van der Waals surface area contributed by atoms with Crippen LogP contribution in [0.15, 0.2) is 91.0 Å². The van der Waals surface area contributed by atoms with Crippen molar-refractivity contribution in [2.24, 2.45) is 5.73 Å². The fourth-order valence-electron chi connectivity index (χ4n) is 4.86. The second kappa shape index (κ2) is 17.4. The molecule has 3 rings (SSSR count). The van der Waals surface area contributed by atoms with Crippen LogP contribution in [0.3, 0.4) is 0 Å². The molecule has 0 bridgehead atoms. The van der Waals surface area contributed by atoms with Gasteiger partial charge in [-0.15, -0.1) is 0 Å². The number of nitrogens with one attached hydrogen (secondary N) is 2. The summed E-state index contributed by atoms with van der Waals surface area (Å²) in [5, 5.41) is 4.14. The van der Waals surface area contributed by atoms with Crippen LogP contribution < -0.4 is 32.3 Å². The zero-order valence-corrected chi connectivity index (χ0v) is 29.0. The topological polar surface area (TPSA) is 154 Å². The van der Waals surface area contributed by atoms with E-state index in [1.165, 1.54) is 7.11 Å². The Morgan fingerprint density at radius 3 is 1.83 bits per heavy atom. The summed E-state index contributed by atoms with van der Waals surface area (Å²) in [5.74, 6) is -2.63. The van der Waals surface area contributed by atoms with E-state index in [1.54, 1.807) is 6.92 Å². The number of hydrogen-bond acceptors (Lipinski definition) is 9. The Labute approximate surface area is 281 Å². The van der Waals surface area contributed by atoms with Gasteiger partial charge in [-0.1, -0.05) is 0 Å². The maximum absolute atomic E-state index is 14.0. The number of halogens is 1. The second-order valence-electron chi connectivity index (χ2n) is 10.3. The number of rotatable bonds is 16.